The van der Waals surface area contributed by atoms with Crippen LogP contribution in [0.2, 0.25) is 5.02 Å². The van der Waals surface area contributed by atoms with Gasteiger partial charge in [-0.15, -0.1) is 0 Å². The molecular formula is C17H13BrClKO4. The first-order chi connectivity index (χ1) is 10.9. The van der Waals surface area contributed by atoms with E-state index in [2.05, 4.69) is 20.8 Å². The third kappa shape index (κ3) is 5.41. The van der Waals surface area contributed by atoms with Crippen LogP contribution in [0.25, 0.3) is 6.08 Å². The molecule has 24 heavy (non-hydrogen) atoms. The zero-order chi connectivity index (χ0) is 17.0. The molecule has 2 rings (SSSR count). The SMILES string of the molecule is COOc1ccc(/C=C/C(=O)c2ccc(Br)c(Cl)c2[O-])cc1C.[K+]. The van der Waals surface area contributed by atoms with Crippen LogP contribution in [0.4, 0.5) is 0 Å². The molecule has 4 nitrogen and oxygen atoms in total. The molecule has 0 spiro atoms. The number of benzene rings is 2. The standard InChI is InChI=1S/C17H14BrClO4.K/c1-10-9-11(4-8-15(10)23-22-2)3-7-14(20)12-5-6-13(18)16(19)17(12)21;/h3-9,21H,1-2H3;/q;+1/p-1/b7-3+;. The van der Waals surface area contributed by atoms with Crippen molar-refractivity contribution in [3.05, 3.63) is 62.6 Å². The van der Waals surface area contributed by atoms with Crippen LogP contribution in [-0.4, -0.2) is 12.9 Å². The minimum atomic E-state index is -0.490. The number of rotatable bonds is 5. The number of allylic oxidation sites excluding steroid dienone is 1. The Morgan fingerprint density at radius 3 is 2.62 bits per heavy atom. The van der Waals surface area contributed by atoms with Crippen LogP contribution in [0, 0.1) is 6.92 Å². The van der Waals surface area contributed by atoms with E-state index < -0.39 is 11.5 Å². The van der Waals surface area contributed by atoms with Crippen molar-refractivity contribution in [3.8, 4) is 11.5 Å². The first-order valence-electron chi connectivity index (χ1n) is 6.62. The first-order valence-corrected chi connectivity index (χ1v) is 7.80. The number of carbonyl (C=O) groups is 1. The largest absolute Gasteiger partial charge is 1.00 e. The van der Waals surface area contributed by atoms with Crippen LogP contribution in [0.5, 0.6) is 11.5 Å². The summed E-state index contributed by atoms with van der Waals surface area (Å²) in [5.41, 5.74) is 1.69. The Balaban J connectivity index is 0.00000288. The van der Waals surface area contributed by atoms with Crippen molar-refractivity contribution in [3.63, 3.8) is 0 Å². The minimum absolute atomic E-state index is 0. The molecule has 0 aliphatic carbocycles. The van der Waals surface area contributed by atoms with Crippen molar-refractivity contribution < 1.29 is 71.1 Å². The van der Waals surface area contributed by atoms with Gasteiger partial charge in [0.15, 0.2) is 11.5 Å². The predicted octanol–water partition coefficient (Wildman–Crippen LogP) is 1.32. The summed E-state index contributed by atoms with van der Waals surface area (Å²) in [7, 11) is 1.43. The molecule has 0 bridgehead atoms. The maximum absolute atomic E-state index is 12.2. The number of aryl methyl sites for hydroxylation is 1. The molecule has 120 valence electrons. The maximum atomic E-state index is 12.2. The van der Waals surface area contributed by atoms with Crippen molar-refractivity contribution in [1.82, 2.24) is 0 Å². The Labute approximate surface area is 196 Å². The Morgan fingerprint density at radius 1 is 1.29 bits per heavy atom. The molecule has 0 amide bonds. The van der Waals surface area contributed by atoms with Gasteiger partial charge in [0, 0.05) is 15.1 Å². The number of hydrogen-bond acceptors (Lipinski definition) is 4. The van der Waals surface area contributed by atoms with Crippen molar-refractivity contribution in [2.75, 3.05) is 7.11 Å². The molecule has 0 radical (unpaired) electrons. The molecule has 0 saturated heterocycles. The van der Waals surface area contributed by atoms with Crippen LogP contribution >= 0.6 is 27.5 Å². The van der Waals surface area contributed by atoms with Crippen molar-refractivity contribution in [2.45, 2.75) is 6.92 Å². The molecule has 0 saturated carbocycles. The second-order valence-corrected chi connectivity index (χ2v) is 5.94. The van der Waals surface area contributed by atoms with Crippen molar-refractivity contribution in [1.29, 1.82) is 0 Å². The first kappa shape index (κ1) is 21.9. The van der Waals surface area contributed by atoms with E-state index in [1.54, 1.807) is 24.3 Å². The van der Waals surface area contributed by atoms with Gasteiger partial charge in [-0.25, -0.2) is 0 Å². The quantitative estimate of drug-likeness (QED) is 0.234. The summed E-state index contributed by atoms with van der Waals surface area (Å²) in [6.07, 6.45) is 2.97. The summed E-state index contributed by atoms with van der Waals surface area (Å²) in [5, 5.41) is 12.0. The van der Waals surface area contributed by atoms with Gasteiger partial charge in [-0.1, -0.05) is 35.6 Å². The molecule has 2 aromatic carbocycles. The Kier molecular flexibility index (Phi) is 9.18. The molecular weight excluding hydrogens is 423 g/mol. The molecule has 0 atom stereocenters. The monoisotopic (exact) mass is 434 g/mol. The van der Waals surface area contributed by atoms with Gasteiger partial charge in [-0.05, 0) is 58.3 Å². The van der Waals surface area contributed by atoms with Crippen LogP contribution in [0.1, 0.15) is 21.5 Å². The van der Waals surface area contributed by atoms with E-state index in [4.69, 9.17) is 16.5 Å². The molecule has 0 aliphatic rings. The fraction of sp³-hybridized carbons (Fsp3) is 0.118. The normalized spacial score (nSPS) is 10.5. The molecule has 2 aromatic rings. The second kappa shape index (κ2) is 10.1. The van der Waals surface area contributed by atoms with Crippen LogP contribution in [0.15, 0.2) is 40.9 Å². The summed E-state index contributed by atoms with van der Waals surface area (Å²) in [5.74, 6) is -0.299. The summed E-state index contributed by atoms with van der Waals surface area (Å²) >= 11 is 9.00. The maximum Gasteiger partial charge on any atom is 1.00 e. The molecule has 0 aliphatic heterocycles. The zero-order valence-electron chi connectivity index (χ0n) is 13.4. The average molecular weight is 436 g/mol. The van der Waals surface area contributed by atoms with Crippen LogP contribution in [-0.2, 0) is 4.89 Å². The molecule has 0 aromatic heterocycles. The summed E-state index contributed by atoms with van der Waals surface area (Å²) in [4.78, 5) is 21.7. The Hall–Kier alpha value is -0.184. The van der Waals surface area contributed by atoms with Crippen LogP contribution in [0.3, 0.4) is 0 Å². The third-order valence-corrected chi connectivity index (χ3v) is 4.38. The minimum Gasteiger partial charge on any atom is -0.871 e. The van der Waals surface area contributed by atoms with E-state index in [0.717, 1.165) is 11.1 Å². The van der Waals surface area contributed by atoms with Gasteiger partial charge in [-0.3, -0.25) is 4.79 Å². The second-order valence-electron chi connectivity index (χ2n) is 4.71. The van der Waals surface area contributed by atoms with Gasteiger partial charge in [0.1, 0.15) is 0 Å². The van der Waals surface area contributed by atoms with Gasteiger partial charge in [0.05, 0.1) is 7.11 Å². The van der Waals surface area contributed by atoms with Crippen molar-refractivity contribution in [2.24, 2.45) is 0 Å². The van der Waals surface area contributed by atoms with Gasteiger partial charge in [0.25, 0.3) is 0 Å². The number of carbonyl (C=O) groups excluding carboxylic acids is 1. The van der Waals surface area contributed by atoms with E-state index in [1.807, 2.05) is 13.0 Å². The zero-order valence-corrected chi connectivity index (χ0v) is 18.9. The number of hydrogen-bond donors (Lipinski definition) is 0. The third-order valence-electron chi connectivity index (χ3n) is 3.11. The van der Waals surface area contributed by atoms with E-state index in [-0.39, 0.29) is 62.0 Å². The molecule has 0 heterocycles. The van der Waals surface area contributed by atoms with E-state index in [1.165, 1.54) is 19.3 Å². The van der Waals surface area contributed by atoms with Gasteiger partial charge in [0.2, 0.25) is 0 Å². The summed E-state index contributed by atoms with van der Waals surface area (Å²) in [6.45, 7) is 1.86. The molecule has 0 N–H and O–H groups in total. The topological polar surface area (TPSA) is 58.6 Å². The molecule has 0 fully saturated rings. The fourth-order valence-electron chi connectivity index (χ4n) is 1.95. The Bertz CT molecular complexity index is 777. The summed E-state index contributed by atoms with van der Waals surface area (Å²) in [6, 6.07) is 8.37. The summed E-state index contributed by atoms with van der Waals surface area (Å²) < 4.78 is 0.467. The predicted molar refractivity (Wildman–Crippen MR) is 90.8 cm³/mol. The smallest absolute Gasteiger partial charge is 0.871 e. The van der Waals surface area contributed by atoms with Gasteiger partial charge < -0.3 is 9.99 Å². The molecule has 0 unspecified atom stereocenters. The van der Waals surface area contributed by atoms with E-state index in [0.29, 0.717) is 10.2 Å². The number of halogens is 2. The van der Waals surface area contributed by atoms with Crippen LogP contribution < -0.4 is 61.4 Å². The number of ketones is 1. The van der Waals surface area contributed by atoms with Crippen molar-refractivity contribution >= 4 is 39.4 Å². The van der Waals surface area contributed by atoms with Gasteiger partial charge >= 0.3 is 51.4 Å². The average Bonchev–Trinajstić information content (AvgIpc) is 2.53. The van der Waals surface area contributed by atoms with Gasteiger partial charge in [-0.2, -0.15) is 4.89 Å². The van der Waals surface area contributed by atoms with E-state index >= 15 is 0 Å². The fourth-order valence-corrected chi connectivity index (χ4v) is 2.42. The molecule has 7 heteroatoms. The van der Waals surface area contributed by atoms with E-state index in [9.17, 15) is 9.90 Å². The Morgan fingerprint density at radius 2 is 2.00 bits per heavy atom.